The maximum Gasteiger partial charge on any atom is 0.230 e. The lowest BCUT2D eigenvalue weighted by Gasteiger charge is -2.06. The second-order valence-corrected chi connectivity index (χ2v) is 6.28. The third-order valence-electron chi connectivity index (χ3n) is 2.73. The number of hydrogen-bond donors (Lipinski definition) is 1. The molecule has 0 aliphatic heterocycles. The lowest BCUT2D eigenvalue weighted by atomic mass is 10.2. The molecular weight excluding hydrogens is 274 g/mol. The average Bonchev–Trinajstić information content (AvgIpc) is 2.91. The Kier molecular flexibility index (Phi) is 5.48. The van der Waals surface area contributed by atoms with Crippen molar-refractivity contribution in [1.29, 1.82) is 0 Å². The Bertz CT molecular complexity index is 523. The zero-order chi connectivity index (χ0) is 13.5. The first-order chi connectivity index (χ1) is 9.25. The maximum atomic E-state index is 11.7. The second kappa shape index (κ2) is 7.36. The van der Waals surface area contributed by atoms with Crippen LogP contribution in [0.25, 0.3) is 0 Å². The van der Waals surface area contributed by atoms with Crippen LogP contribution in [0.1, 0.15) is 10.4 Å². The van der Waals surface area contributed by atoms with Gasteiger partial charge in [-0.3, -0.25) is 4.79 Å². The first kappa shape index (κ1) is 14.2. The van der Waals surface area contributed by atoms with Crippen LogP contribution in [0.3, 0.4) is 0 Å². The van der Waals surface area contributed by atoms with Crippen molar-refractivity contribution >= 4 is 29.0 Å². The van der Waals surface area contributed by atoms with Crippen LogP contribution in [-0.4, -0.2) is 18.2 Å². The summed E-state index contributed by atoms with van der Waals surface area (Å²) in [5, 5.41) is 5.02. The highest BCUT2D eigenvalue weighted by molar-refractivity contribution is 8.00. The SMILES string of the molecule is Cc1ccccc1SCC(=O)NCCc1cccs1. The highest BCUT2D eigenvalue weighted by Crippen LogP contribution is 2.21. The van der Waals surface area contributed by atoms with Gasteiger partial charge in [0.25, 0.3) is 0 Å². The zero-order valence-corrected chi connectivity index (χ0v) is 12.5. The van der Waals surface area contributed by atoms with Crippen LogP contribution in [0.15, 0.2) is 46.7 Å². The topological polar surface area (TPSA) is 29.1 Å². The summed E-state index contributed by atoms with van der Waals surface area (Å²) >= 11 is 3.32. The largest absolute Gasteiger partial charge is 0.355 e. The number of thiophene rings is 1. The van der Waals surface area contributed by atoms with Crippen LogP contribution < -0.4 is 5.32 Å². The summed E-state index contributed by atoms with van der Waals surface area (Å²) in [5.41, 5.74) is 1.22. The molecule has 0 spiro atoms. The molecule has 1 N–H and O–H groups in total. The molecule has 2 rings (SSSR count). The van der Waals surface area contributed by atoms with Gasteiger partial charge >= 0.3 is 0 Å². The summed E-state index contributed by atoms with van der Waals surface area (Å²) in [6.07, 6.45) is 0.915. The fourth-order valence-electron chi connectivity index (χ4n) is 1.69. The van der Waals surface area contributed by atoms with E-state index in [1.807, 2.05) is 18.2 Å². The van der Waals surface area contributed by atoms with Crippen molar-refractivity contribution in [2.24, 2.45) is 0 Å². The quantitative estimate of drug-likeness (QED) is 0.825. The Morgan fingerprint density at radius 3 is 2.84 bits per heavy atom. The lowest BCUT2D eigenvalue weighted by molar-refractivity contribution is -0.118. The first-order valence-electron chi connectivity index (χ1n) is 6.23. The van der Waals surface area contributed by atoms with Crippen LogP contribution in [0.4, 0.5) is 0 Å². The standard InChI is InChI=1S/C15H17NOS2/c1-12-5-2-3-7-14(12)19-11-15(17)16-9-8-13-6-4-10-18-13/h2-7,10H,8-9,11H2,1H3,(H,16,17). The molecule has 19 heavy (non-hydrogen) atoms. The predicted molar refractivity (Wildman–Crippen MR) is 82.9 cm³/mol. The van der Waals surface area contributed by atoms with Crippen molar-refractivity contribution < 1.29 is 4.79 Å². The summed E-state index contributed by atoms with van der Waals surface area (Å²) in [5.74, 6) is 0.583. The summed E-state index contributed by atoms with van der Waals surface area (Å²) in [6.45, 7) is 2.78. The van der Waals surface area contributed by atoms with Crippen molar-refractivity contribution in [2.75, 3.05) is 12.3 Å². The van der Waals surface area contributed by atoms with E-state index in [1.54, 1.807) is 23.1 Å². The summed E-state index contributed by atoms with van der Waals surface area (Å²) < 4.78 is 0. The first-order valence-corrected chi connectivity index (χ1v) is 8.10. The normalized spacial score (nSPS) is 10.4. The van der Waals surface area contributed by atoms with Gasteiger partial charge in [0.15, 0.2) is 0 Å². The van der Waals surface area contributed by atoms with Gasteiger partial charge in [0, 0.05) is 16.3 Å². The number of hydrogen-bond acceptors (Lipinski definition) is 3. The third kappa shape index (κ3) is 4.73. The van der Waals surface area contributed by atoms with Gasteiger partial charge < -0.3 is 5.32 Å². The van der Waals surface area contributed by atoms with Gasteiger partial charge in [-0.2, -0.15) is 0 Å². The molecule has 1 amide bonds. The van der Waals surface area contributed by atoms with Crippen molar-refractivity contribution in [2.45, 2.75) is 18.2 Å². The molecule has 4 heteroatoms. The predicted octanol–water partition coefficient (Wildman–Crippen LogP) is 3.51. The number of carbonyl (C=O) groups excluding carboxylic acids is 1. The molecule has 0 unspecified atom stereocenters. The summed E-state index contributed by atoms with van der Waals surface area (Å²) in [4.78, 5) is 14.2. The Morgan fingerprint density at radius 2 is 2.11 bits per heavy atom. The van der Waals surface area contributed by atoms with E-state index in [2.05, 4.69) is 35.8 Å². The fourth-order valence-corrected chi connectivity index (χ4v) is 3.26. The second-order valence-electron chi connectivity index (χ2n) is 4.23. The highest BCUT2D eigenvalue weighted by atomic mass is 32.2. The van der Waals surface area contributed by atoms with Gasteiger partial charge in [-0.05, 0) is 36.4 Å². The average molecular weight is 291 g/mol. The maximum absolute atomic E-state index is 11.7. The molecule has 0 saturated carbocycles. The summed E-state index contributed by atoms with van der Waals surface area (Å²) in [6, 6.07) is 12.3. The van der Waals surface area contributed by atoms with Gasteiger partial charge in [-0.1, -0.05) is 24.3 Å². The molecule has 0 saturated heterocycles. The minimum Gasteiger partial charge on any atom is -0.355 e. The van der Waals surface area contributed by atoms with Gasteiger partial charge in [0.2, 0.25) is 5.91 Å². The van der Waals surface area contributed by atoms with E-state index in [-0.39, 0.29) is 5.91 Å². The third-order valence-corrected chi connectivity index (χ3v) is 4.84. The van der Waals surface area contributed by atoms with E-state index in [0.717, 1.165) is 6.42 Å². The molecule has 2 aromatic rings. The molecule has 1 heterocycles. The van der Waals surface area contributed by atoms with Crippen LogP contribution in [0.5, 0.6) is 0 Å². The number of rotatable bonds is 6. The molecule has 0 atom stereocenters. The Balaban J connectivity index is 1.69. The smallest absolute Gasteiger partial charge is 0.230 e. The van der Waals surface area contributed by atoms with Gasteiger partial charge in [-0.15, -0.1) is 23.1 Å². The number of nitrogens with one attached hydrogen (secondary N) is 1. The Labute approximate surface area is 122 Å². The Morgan fingerprint density at radius 1 is 1.26 bits per heavy atom. The van der Waals surface area contributed by atoms with Crippen LogP contribution in [0.2, 0.25) is 0 Å². The molecule has 0 aliphatic rings. The van der Waals surface area contributed by atoms with Gasteiger partial charge in [-0.25, -0.2) is 0 Å². The molecular formula is C15H17NOS2. The minimum absolute atomic E-state index is 0.102. The number of amides is 1. The van der Waals surface area contributed by atoms with E-state index >= 15 is 0 Å². The molecule has 0 fully saturated rings. The van der Waals surface area contributed by atoms with Gasteiger partial charge in [0.05, 0.1) is 5.75 Å². The van der Waals surface area contributed by atoms with Crippen molar-refractivity contribution in [3.05, 3.63) is 52.2 Å². The molecule has 0 bridgehead atoms. The highest BCUT2D eigenvalue weighted by Gasteiger charge is 2.04. The minimum atomic E-state index is 0.102. The zero-order valence-electron chi connectivity index (χ0n) is 10.9. The molecule has 100 valence electrons. The summed E-state index contributed by atoms with van der Waals surface area (Å²) in [7, 11) is 0. The van der Waals surface area contributed by atoms with Crippen LogP contribution in [-0.2, 0) is 11.2 Å². The van der Waals surface area contributed by atoms with Crippen molar-refractivity contribution in [1.82, 2.24) is 5.32 Å². The van der Waals surface area contributed by atoms with Crippen molar-refractivity contribution in [3.63, 3.8) is 0 Å². The van der Waals surface area contributed by atoms with Crippen molar-refractivity contribution in [3.8, 4) is 0 Å². The number of carbonyl (C=O) groups is 1. The number of aryl methyl sites for hydroxylation is 1. The van der Waals surface area contributed by atoms with E-state index in [4.69, 9.17) is 0 Å². The van der Waals surface area contributed by atoms with Gasteiger partial charge in [0.1, 0.15) is 0 Å². The van der Waals surface area contributed by atoms with Crippen LogP contribution >= 0.6 is 23.1 Å². The molecule has 0 radical (unpaired) electrons. The van der Waals surface area contributed by atoms with Crippen LogP contribution in [0, 0.1) is 6.92 Å². The van der Waals surface area contributed by atoms with E-state index in [9.17, 15) is 4.79 Å². The molecule has 0 aliphatic carbocycles. The molecule has 1 aromatic heterocycles. The molecule has 1 aromatic carbocycles. The number of benzene rings is 1. The fraction of sp³-hybridized carbons (Fsp3) is 0.267. The Hall–Kier alpha value is -1.26. The monoisotopic (exact) mass is 291 g/mol. The number of thioether (sulfide) groups is 1. The van der Waals surface area contributed by atoms with E-state index < -0.39 is 0 Å². The molecule has 2 nitrogen and oxygen atoms in total. The van der Waals surface area contributed by atoms with E-state index in [0.29, 0.717) is 12.3 Å². The van der Waals surface area contributed by atoms with E-state index in [1.165, 1.54) is 15.3 Å². The lowest BCUT2D eigenvalue weighted by Crippen LogP contribution is -2.27.